The summed E-state index contributed by atoms with van der Waals surface area (Å²) < 4.78 is 5.50. The van der Waals surface area contributed by atoms with E-state index in [1.165, 1.54) is 0 Å². The molecule has 1 aromatic rings. The first-order chi connectivity index (χ1) is 8.80. The highest BCUT2D eigenvalue weighted by molar-refractivity contribution is 5.35. The van der Waals surface area contributed by atoms with E-state index in [0.717, 1.165) is 13.0 Å². The van der Waals surface area contributed by atoms with Crippen molar-refractivity contribution in [2.24, 2.45) is 5.41 Å². The van der Waals surface area contributed by atoms with Gasteiger partial charge in [-0.05, 0) is 25.7 Å². The van der Waals surface area contributed by atoms with Crippen LogP contribution >= 0.6 is 0 Å². The number of nitrogens with one attached hydrogen (secondary N) is 2. The van der Waals surface area contributed by atoms with Crippen molar-refractivity contribution in [1.29, 1.82) is 0 Å². The molecule has 1 aromatic heterocycles. The van der Waals surface area contributed by atoms with E-state index in [-0.39, 0.29) is 11.5 Å². The lowest BCUT2D eigenvalue weighted by Gasteiger charge is -2.18. The Hall–Kier alpha value is -1.59. The van der Waals surface area contributed by atoms with Crippen LogP contribution in [0.4, 0.5) is 11.9 Å². The van der Waals surface area contributed by atoms with Gasteiger partial charge in [0.2, 0.25) is 11.9 Å². The van der Waals surface area contributed by atoms with Gasteiger partial charge in [-0.3, -0.25) is 0 Å². The van der Waals surface area contributed by atoms with Crippen molar-refractivity contribution in [2.45, 2.75) is 47.1 Å². The second-order valence-electron chi connectivity index (χ2n) is 5.92. The molecule has 0 bridgehead atoms. The summed E-state index contributed by atoms with van der Waals surface area (Å²) in [5.74, 6) is 1.04. The Morgan fingerprint density at radius 1 is 1.11 bits per heavy atom. The second-order valence-corrected chi connectivity index (χ2v) is 5.92. The summed E-state index contributed by atoms with van der Waals surface area (Å²) in [6, 6.07) is 0.340. The molecule has 0 amide bonds. The molecule has 0 fully saturated rings. The average Bonchev–Trinajstić information content (AvgIpc) is 2.26. The molecule has 6 heteroatoms. The summed E-state index contributed by atoms with van der Waals surface area (Å²) in [5, 5.41) is 6.11. The topological polar surface area (TPSA) is 72.0 Å². The van der Waals surface area contributed by atoms with E-state index in [1.54, 1.807) is 7.05 Å². The van der Waals surface area contributed by atoms with Crippen molar-refractivity contribution in [3.63, 3.8) is 0 Å². The number of ether oxygens (including phenoxy) is 1. The van der Waals surface area contributed by atoms with Crippen LogP contribution < -0.4 is 15.4 Å². The highest BCUT2D eigenvalue weighted by Gasteiger charge is 2.11. The van der Waals surface area contributed by atoms with E-state index in [9.17, 15) is 0 Å². The van der Waals surface area contributed by atoms with Gasteiger partial charge in [-0.15, -0.1) is 0 Å². The lowest BCUT2D eigenvalue weighted by Crippen LogP contribution is -2.16. The fraction of sp³-hybridized carbons (Fsp3) is 0.769. The van der Waals surface area contributed by atoms with Crippen molar-refractivity contribution >= 4 is 11.9 Å². The molecule has 0 aliphatic heterocycles. The summed E-state index contributed by atoms with van der Waals surface area (Å²) in [7, 11) is 1.77. The van der Waals surface area contributed by atoms with E-state index in [4.69, 9.17) is 4.74 Å². The molecule has 2 N–H and O–H groups in total. The maximum Gasteiger partial charge on any atom is 0.323 e. The number of hydrogen-bond acceptors (Lipinski definition) is 6. The van der Waals surface area contributed by atoms with Gasteiger partial charge in [-0.2, -0.15) is 15.0 Å². The van der Waals surface area contributed by atoms with E-state index in [1.807, 2.05) is 13.8 Å². The van der Waals surface area contributed by atoms with E-state index >= 15 is 0 Å². The first-order valence-electron chi connectivity index (χ1n) is 6.64. The van der Waals surface area contributed by atoms with E-state index < -0.39 is 0 Å². The molecule has 0 saturated heterocycles. The molecule has 0 aromatic carbocycles. The molecule has 0 aliphatic carbocycles. The summed E-state index contributed by atoms with van der Waals surface area (Å²) in [5.41, 5.74) is 0.281. The fourth-order valence-electron chi connectivity index (χ4n) is 1.36. The zero-order valence-corrected chi connectivity index (χ0v) is 12.7. The first kappa shape index (κ1) is 15.5. The molecule has 0 radical (unpaired) electrons. The predicted molar refractivity (Wildman–Crippen MR) is 77.7 cm³/mol. The van der Waals surface area contributed by atoms with Gasteiger partial charge in [0.15, 0.2) is 0 Å². The van der Waals surface area contributed by atoms with Gasteiger partial charge in [-0.1, -0.05) is 20.8 Å². The summed E-state index contributed by atoms with van der Waals surface area (Å²) in [4.78, 5) is 12.7. The van der Waals surface area contributed by atoms with Crippen LogP contribution in [0.3, 0.4) is 0 Å². The van der Waals surface area contributed by atoms with Crippen LogP contribution in [0, 0.1) is 5.41 Å². The third kappa shape index (κ3) is 6.22. The Morgan fingerprint density at radius 3 is 2.26 bits per heavy atom. The number of aromatic nitrogens is 3. The Labute approximate surface area is 115 Å². The molecular formula is C13H25N5O. The highest BCUT2D eigenvalue weighted by Crippen LogP contribution is 2.18. The smallest absolute Gasteiger partial charge is 0.323 e. The zero-order chi connectivity index (χ0) is 14.5. The van der Waals surface area contributed by atoms with Gasteiger partial charge in [0.1, 0.15) is 0 Å². The van der Waals surface area contributed by atoms with Gasteiger partial charge in [0, 0.05) is 13.6 Å². The van der Waals surface area contributed by atoms with Crippen LogP contribution in [-0.4, -0.2) is 34.6 Å². The molecule has 1 rings (SSSR count). The number of anilines is 2. The van der Waals surface area contributed by atoms with Gasteiger partial charge >= 0.3 is 6.01 Å². The Balaban J connectivity index is 2.71. The SMILES string of the molecule is CNc1nc(NCCC(C)(C)C)nc(OC(C)C)n1. The highest BCUT2D eigenvalue weighted by atomic mass is 16.5. The lowest BCUT2D eigenvalue weighted by atomic mass is 9.92. The minimum absolute atomic E-state index is 0.0366. The fourth-order valence-corrected chi connectivity index (χ4v) is 1.36. The van der Waals surface area contributed by atoms with Crippen LogP contribution in [0.1, 0.15) is 41.0 Å². The lowest BCUT2D eigenvalue weighted by molar-refractivity contribution is 0.222. The molecule has 19 heavy (non-hydrogen) atoms. The number of hydrogen-bond donors (Lipinski definition) is 2. The summed E-state index contributed by atoms with van der Waals surface area (Å²) >= 11 is 0. The van der Waals surface area contributed by atoms with Crippen LogP contribution in [0.5, 0.6) is 6.01 Å². The molecule has 108 valence electrons. The minimum Gasteiger partial charge on any atom is -0.461 e. The monoisotopic (exact) mass is 267 g/mol. The third-order valence-corrected chi connectivity index (χ3v) is 2.34. The third-order valence-electron chi connectivity index (χ3n) is 2.34. The minimum atomic E-state index is 0.0366. The molecule has 0 saturated carbocycles. The normalized spacial score (nSPS) is 11.5. The number of nitrogens with zero attached hydrogens (tertiary/aromatic N) is 3. The van der Waals surface area contributed by atoms with Gasteiger partial charge in [-0.25, -0.2) is 0 Å². The van der Waals surface area contributed by atoms with Gasteiger partial charge < -0.3 is 15.4 Å². The van der Waals surface area contributed by atoms with Gasteiger partial charge in [0.25, 0.3) is 0 Å². The molecule has 0 atom stereocenters. The van der Waals surface area contributed by atoms with Crippen LogP contribution in [0.25, 0.3) is 0 Å². The maximum atomic E-state index is 5.50. The first-order valence-corrected chi connectivity index (χ1v) is 6.64. The average molecular weight is 267 g/mol. The quantitative estimate of drug-likeness (QED) is 0.825. The summed E-state index contributed by atoms with van der Waals surface area (Å²) in [6.45, 7) is 11.3. The van der Waals surface area contributed by atoms with Crippen LogP contribution in [0.15, 0.2) is 0 Å². The predicted octanol–water partition coefficient (Wildman–Crippen LogP) is 2.55. The standard InChI is InChI=1S/C13H25N5O/c1-9(2)19-12-17-10(14-6)16-11(18-12)15-8-7-13(3,4)5/h9H,7-8H2,1-6H3,(H2,14,15,16,17,18). The largest absolute Gasteiger partial charge is 0.461 e. The second kappa shape index (κ2) is 6.54. The van der Waals surface area contributed by atoms with Crippen LogP contribution in [-0.2, 0) is 0 Å². The summed E-state index contributed by atoms with van der Waals surface area (Å²) in [6.07, 6.45) is 1.07. The van der Waals surface area contributed by atoms with E-state index in [0.29, 0.717) is 17.9 Å². The molecule has 0 spiro atoms. The van der Waals surface area contributed by atoms with Crippen molar-refractivity contribution in [1.82, 2.24) is 15.0 Å². The molecule has 6 nitrogen and oxygen atoms in total. The molecular weight excluding hydrogens is 242 g/mol. The van der Waals surface area contributed by atoms with Gasteiger partial charge in [0.05, 0.1) is 6.10 Å². The maximum absolute atomic E-state index is 5.50. The Kier molecular flexibility index (Phi) is 5.32. The molecule has 0 unspecified atom stereocenters. The Bertz CT molecular complexity index is 401. The molecule has 0 aliphatic rings. The van der Waals surface area contributed by atoms with Crippen molar-refractivity contribution in [3.8, 4) is 6.01 Å². The zero-order valence-electron chi connectivity index (χ0n) is 12.7. The van der Waals surface area contributed by atoms with Crippen molar-refractivity contribution in [3.05, 3.63) is 0 Å². The Morgan fingerprint density at radius 2 is 1.74 bits per heavy atom. The van der Waals surface area contributed by atoms with Crippen molar-refractivity contribution in [2.75, 3.05) is 24.2 Å². The van der Waals surface area contributed by atoms with Crippen molar-refractivity contribution < 1.29 is 4.74 Å². The van der Waals surface area contributed by atoms with E-state index in [2.05, 4.69) is 46.4 Å². The van der Waals surface area contributed by atoms with Crippen LogP contribution in [0.2, 0.25) is 0 Å². The number of rotatable bonds is 6. The molecule has 1 heterocycles.